The first-order chi connectivity index (χ1) is 12.5. The Morgan fingerprint density at radius 3 is 2.27 bits per heavy atom. The van der Waals surface area contributed by atoms with E-state index in [-0.39, 0.29) is 5.91 Å². The van der Waals surface area contributed by atoms with Gasteiger partial charge in [0.2, 0.25) is 5.91 Å². The standard InChI is InChI=1S/C22H29N3O/c1-18-9-7-8-10-19(18)17-25-15-13-22(14-16-25,21(26)24(2)3)23-20-11-5-4-6-12-20/h4-12,23H,13-17H2,1-3H3. The molecule has 0 aromatic heterocycles. The van der Waals surface area contributed by atoms with Crippen molar-refractivity contribution in [1.82, 2.24) is 9.80 Å². The van der Waals surface area contributed by atoms with E-state index in [0.717, 1.165) is 38.2 Å². The average Bonchev–Trinajstić information content (AvgIpc) is 2.65. The molecule has 0 aliphatic carbocycles. The second-order valence-electron chi connectivity index (χ2n) is 7.48. The van der Waals surface area contributed by atoms with Crippen LogP contribution in [0.1, 0.15) is 24.0 Å². The third-order valence-electron chi connectivity index (χ3n) is 5.34. The van der Waals surface area contributed by atoms with Gasteiger partial charge in [0.15, 0.2) is 0 Å². The first-order valence-electron chi connectivity index (χ1n) is 9.32. The lowest BCUT2D eigenvalue weighted by Crippen LogP contribution is -2.57. The summed E-state index contributed by atoms with van der Waals surface area (Å²) in [5, 5.41) is 3.55. The third-order valence-corrected chi connectivity index (χ3v) is 5.34. The fourth-order valence-electron chi connectivity index (χ4n) is 3.74. The number of benzene rings is 2. The van der Waals surface area contributed by atoms with Crippen molar-refractivity contribution >= 4 is 11.6 Å². The summed E-state index contributed by atoms with van der Waals surface area (Å²) in [6.07, 6.45) is 1.62. The molecule has 2 aromatic rings. The number of amides is 1. The molecule has 138 valence electrons. The second-order valence-corrected chi connectivity index (χ2v) is 7.48. The number of carbonyl (C=O) groups is 1. The summed E-state index contributed by atoms with van der Waals surface area (Å²) in [6.45, 7) is 4.93. The molecule has 0 radical (unpaired) electrons. The van der Waals surface area contributed by atoms with E-state index in [9.17, 15) is 4.79 Å². The summed E-state index contributed by atoms with van der Waals surface area (Å²) in [6, 6.07) is 18.6. The van der Waals surface area contributed by atoms with Gasteiger partial charge in [-0.15, -0.1) is 0 Å². The Balaban J connectivity index is 1.72. The van der Waals surface area contributed by atoms with Crippen molar-refractivity contribution in [1.29, 1.82) is 0 Å². The molecule has 0 bridgehead atoms. The van der Waals surface area contributed by atoms with E-state index >= 15 is 0 Å². The average molecular weight is 351 g/mol. The highest BCUT2D eigenvalue weighted by atomic mass is 16.2. The van der Waals surface area contributed by atoms with Gasteiger partial charge < -0.3 is 10.2 Å². The van der Waals surface area contributed by atoms with Crippen LogP contribution in [0.15, 0.2) is 54.6 Å². The Labute approximate surface area is 156 Å². The van der Waals surface area contributed by atoms with Crippen molar-refractivity contribution in [2.75, 3.05) is 32.5 Å². The number of piperidine rings is 1. The molecule has 4 nitrogen and oxygen atoms in total. The lowest BCUT2D eigenvalue weighted by atomic mass is 9.85. The Morgan fingerprint density at radius 1 is 1.04 bits per heavy atom. The van der Waals surface area contributed by atoms with Crippen molar-refractivity contribution in [3.8, 4) is 0 Å². The molecule has 1 saturated heterocycles. The predicted octanol–water partition coefficient (Wildman–Crippen LogP) is 3.53. The number of aryl methyl sites for hydroxylation is 1. The van der Waals surface area contributed by atoms with Crippen molar-refractivity contribution in [3.05, 3.63) is 65.7 Å². The number of nitrogens with one attached hydrogen (secondary N) is 1. The van der Waals surface area contributed by atoms with Gasteiger partial charge in [-0.3, -0.25) is 9.69 Å². The summed E-state index contributed by atoms with van der Waals surface area (Å²) < 4.78 is 0. The molecule has 0 unspecified atom stereocenters. The molecule has 1 heterocycles. The molecule has 0 spiro atoms. The number of likely N-dealkylation sites (N-methyl/N-ethyl adjacent to an activating group) is 1. The number of carbonyl (C=O) groups excluding carboxylic acids is 1. The minimum atomic E-state index is -0.521. The van der Waals surface area contributed by atoms with Crippen LogP contribution in [0.25, 0.3) is 0 Å². The number of hydrogen-bond donors (Lipinski definition) is 1. The molecule has 2 aromatic carbocycles. The lowest BCUT2D eigenvalue weighted by Gasteiger charge is -2.43. The lowest BCUT2D eigenvalue weighted by molar-refractivity contribution is -0.135. The quantitative estimate of drug-likeness (QED) is 0.895. The third kappa shape index (κ3) is 4.07. The SMILES string of the molecule is Cc1ccccc1CN1CCC(Nc2ccccc2)(C(=O)N(C)C)CC1. The van der Waals surface area contributed by atoms with Crippen LogP contribution in [0.4, 0.5) is 5.69 Å². The maximum absolute atomic E-state index is 13.0. The molecule has 1 aliphatic rings. The highest BCUT2D eigenvalue weighted by molar-refractivity contribution is 5.89. The first-order valence-corrected chi connectivity index (χ1v) is 9.32. The van der Waals surface area contributed by atoms with Crippen molar-refractivity contribution in [3.63, 3.8) is 0 Å². The minimum Gasteiger partial charge on any atom is -0.371 e. The van der Waals surface area contributed by atoms with Crippen molar-refractivity contribution in [2.24, 2.45) is 0 Å². The van der Waals surface area contributed by atoms with Gasteiger partial charge in [-0.25, -0.2) is 0 Å². The summed E-state index contributed by atoms with van der Waals surface area (Å²) in [5.41, 5.74) is 3.19. The number of para-hydroxylation sites is 1. The first kappa shape index (κ1) is 18.5. The van der Waals surface area contributed by atoms with Crippen molar-refractivity contribution in [2.45, 2.75) is 31.8 Å². The van der Waals surface area contributed by atoms with E-state index in [1.54, 1.807) is 4.90 Å². The highest BCUT2D eigenvalue weighted by Crippen LogP contribution is 2.29. The fourth-order valence-corrected chi connectivity index (χ4v) is 3.74. The molecule has 1 amide bonds. The summed E-state index contributed by atoms with van der Waals surface area (Å²) in [7, 11) is 3.69. The normalized spacial score (nSPS) is 16.9. The van der Waals surface area contributed by atoms with Gasteiger partial charge in [0, 0.05) is 39.4 Å². The van der Waals surface area contributed by atoms with Crippen LogP contribution in [0, 0.1) is 6.92 Å². The summed E-state index contributed by atoms with van der Waals surface area (Å²) in [5.74, 6) is 0.164. The molecular formula is C22H29N3O. The zero-order valence-electron chi connectivity index (χ0n) is 16.0. The number of hydrogen-bond acceptors (Lipinski definition) is 3. The molecule has 1 aliphatic heterocycles. The molecular weight excluding hydrogens is 322 g/mol. The van der Waals surface area contributed by atoms with Gasteiger partial charge in [-0.2, -0.15) is 0 Å². The van der Waals surface area contributed by atoms with Gasteiger partial charge in [0.05, 0.1) is 0 Å². The smallest absolute Gasteiger partial charge is 0.247 e. The number of likely N-dealkylation sites (tertiary alicyclic amines) is 1. The topological polar surface area (TPSA) is 35.6 Å². The monoisotopic (exact) mass is 351 g/mol. The van der Waals surface area contributed by atoms with E-state index in [1.807, 2.05) is 44.4 Å². The highest BCUT2D eigenvalue weighted by Gasteiger charge is 2.42. The molecule has 4 heteroatoms. The van der Waals surface area contributed by atoms with Crippen LogP contribution in [-0.2, 0) is 11.3 Å². The Morgan fingerprint density at radius 2 is 1.65 bits per heavy atom. The van der Waals surface area contributed by atoms with Gasteiger partial charge in [0.1, 0.15) is 5.54 Å². The predicted molar refractivity (Wildman–Crippen MR) is 107 cm³/mol. The Bertz CT molecular complexity index is 734. The van der Waals surface area contributed by atoms with Crippen molar-refractivity contribution < 1.29 is 4.79 Å². The molecule has 26 heavy (non-hydrogen) atoms. The van der Waals surface area contributed by atoms with Gasteiger partial charge in [-0.1, -0.05) is 42.5 Å². The Kier molecular flexibility index (Phi) is 5.62. The van der Waals surface area contributed by atoms with Gasteiger partial charge in [0.25, 0.3) is 0 Å². The zero-order chi connectivity index (χ0) is 18.6. The number of rotatable bonds is 5. The van der Waals surface area contributed by atoms with E-state index in [1.165, 1.54) is 11.1 Å². The van der Waals surface area contributed by atoms with Gasteiger partial charge in [-0.05, 0) is 43.0 Å². The minimum absolute atomic E-state index is 0.164. The maximum atomic E-state index is 13.0. The van der Waals surface area contributed by atoms with Crippen LogP contribution in [0.3, 0.4) is 0 Å². The zero-order valence-corrected chi connectivity index (χ0v) is 16.0. The summed E-state index contributed by atoms with van der Waals surface area (Å²) in [4.78, 5) is 17.2. The van der Waals surface area contributed by atoms with Crippen LogP contribution < -0.4 is 5.32 Å². The molecule has 0 saturated carbocycles. The molecule has 0 atom stereocenters. The van der Waals surface area contributed by atoms with Gasteiger partial charge >= 0.3 is 0 Å². The van der Waals surface area contributed by atoms with E-state index in [0.29, 0.717) is 0 Å². The van der Waals surface area contributed by atoms with E-state index in [4.69, 9.17) is 0 Å². The number of nitrogens with zero attached hydrogens (tertiary/aromatic N) is 2. The van der Waals surface area contributed by atoms with Crippen LogP contribution in [0.5, 0.6) is 0 Å². The van der Waals surface area contributed by atoms with Crippen LogP contribution >= 0.6 is 0 Å². The second kappa shape index (κ2) is 7.92. The fraction of sp³-hybridized carbons (Fsp3) is 0.409. The maximum Gasteiger partial charge on any atom is 0.247 e. The van der Waals surface area contributed by atoms with E-state index < -0.39 is 5.54 Å². The number of anilines is 1. The molecule has 3 rings (SSSR count). The van der Waals surface area contributed by atoms with E-state index in [2.05, 4.69) is 41.4 Å². The van der Waals surface area contributed by atoms with Crippen LogP contribution in [0.2, 0.25) is 0 Å². The van der Waals surface area contributed by atoms with Crippen LogP contribution in [-0.4, -0.2) is 48.4 Å². The molecule has 1 N–H and O–H groups in total. The largest absolute Gasteiger partial charge is 0.371 e. The summed E-state index contributed by atoms with van der Waals surface area (Å²) >= 11 is 0. The Hall–Kier alpha value is -2.33. The molecule has 1 fully saturated rings.